The van der Waals surface area contributed by atoms with Gasteiger partial charge in [0.05, 0.1) is 6.04 Å². The second kappa shape index (κ2) is 5.83. The zero-order valence-corrected chi connectivity index (χ0v) is 11.9. The molecule has 0 aromatic rings. The third kappa shape index (κ3) is 4.09. The van der Waals surface area contributed by atoms with Crippen molar-refractivity contribution >= 4 is 12.3 Å². The van der Waals surface area contributed by atoms with Crippen molar-refractivity contribution in [2.45, 2.75) is 77.0 Å². The Bertz CT molecular complexity index is 301. The highest BCUT2D eigenvalue weighted by molar-refractivity contribution is 5.82. The average molecular weight is 255 g/mol. The summed E-state index contributed by atoms with van der Waals surface area (Å²) >= 11 is 0. The Hall–Kier alpha value is -0.900. The van der Waals surface area contributed by atoms with Gasteiger partial charge in [0, 0.05) is 0 Å². The van der Waals surface area contributed by atoms with E-state index in [1.165, 1.54) is 0 Å². The number of carbonyl (C=O) groups is 2. The van der Waals surface area contributed by atoms with Gasteiger partial charge in [0.25, 0.3) is 0 Å². The molecule has 0 aliphatic heterocycles. The normalized spacial score (nSPS) is 21.1. The molecule has 4 nitrogen and oxygen atoms in total. The zero-order valence-electron chi connectivity index (χ0n) is 11.9. The van der Waals surface area contributed by atoms with Crippen molar-refractivity contribution in [3.05, 3.63) is 0 Å². The molecule has 0 bridgehead atoms. The predicted octanol–water partition coefficient (Wildman–Crippen LogP) is 2.21. The molecule has 1 aliphatic carbocycles. The SMILES string of the molecule is C[C@H](C=O)NC1(C(=O)OC(C)(C)C)CCCCC1. The molecule has 1 aliphatic rings. The fourth-order valence-electron chi connectivity index (χ4n) is 2.41. The second-order valence-electron chi connectivity index (χ2n) is 6.21. The summed E-state index contributed by atoms with van der Waals surface area (Å²) in [5.41, 5.74) is -1.17. The summed E-state index contributed by atoms with van der Waals surface area (Å²) in [5, 5.41) is 3.16. The lowest BCUT2D eigenvalue weighted by Crippen LogP contribution is -2.58. The van der Waals surface area contributed by atoms with Crippen molar-refractivity contribution < 1.29 is 14.3 Å². The third-order valence-corrected chi connectivity index (χ3v) is 3.20. The summed E-state index contributed by atoms with van der Waals surface area (Å²) in [4.78, 5) is 23.2. The topological polar surface area (TPSA) is 55.4 Å². The molecule has 0 amide bonds. The molecular formula is C14H25NO3. The van der Waals surface area contributed by atoms with E-state index in [4.69, 9.17) is 4.74 Å². The highest BCUT2D eigenvalue weighted by atomic mass is 16.6. The predicted molar refractivity (Wildman–Crippen MR) is 70.3 cm³/mol. The van der Waals surface area contributed by atoms with Gasteiger partial charge in [-0.2, -0.15) is 0 Å². The van der Waals surface area contributed by atoms with Crippen LogP contribution < -0.4 is 5.32 Å². The Morgan fingerprint density at radius 1 is 1.28 bits per heavy atom. The van der Waals surface area contributed by atoms with E-state index in [1.54, 1.807) is 6.92 Å². The molecule has 18 heavy (non-hydrogen) atoms. The molecule has 0 aromatic carbocycles. The van der Waals surface area contributed by atoms with Gasteiger partial charge in [0.1, 0.15) is 17.4 Å². The van der Waals surface area contributed by atoms with Crippen molar-refractivity contribution in [3.63, 3.8) is 0 Å². The van der Waals surface area contributed by atoms with E-state index in [2.05, 4.69) is 5.32 Å². The Balaban J connectivity index is 2.82. The minimum Gasteiger partial charge on any atom is -0.459 e. The maximum Gasteiger partial charge on any atom is 0.326 e. The Morgan fingerprint density at radius 3 is 2.28 bits per heavy atom. The summed E-state index contributed by atoms with van der Waals surface area (Å²) < 4.78 is 5.51. The van der Waals surface area contributed by atoms with Crippen LogP contribution in [-0.4, -0.2) is 29.4 Å². The summed E-state index contributed by atoms with van der Waals surface area (Å²) in [6.45, 7) is 7.37. The lowest BCUT2D eigenvalue weighted by atomic mass is 9.81. The van der Waals surface area contributed by atoms with E-state index >= 15 is 0 Å². The van der Waals surface area contributed by atoms with E-state index in [0.717, 1.165) is 38.4 Å². The van der Waals surface area contributed by atoms with Crippen molar-refractivity contribution in [2.75, 3.05) is 0 Å². The fourth-order valence-corrected chi connectivity index (χ4v) is 2.41. The molecule has 0 heterocycles. The fraction of sp³-hybridized carbons (Fsp3) is 0.857. The van der Waals surface area contributed by atoms with Crippen LogP contribution in [0.15, 0.2) is 0 Å². The number of hydrogen-bond donors (Lipinski definition) is 1. The first-order valence-electron chi connectivity index (χ1n) is 6.75. The third-order valence-electron chi connectivity index (χ3n) is 3.20. The van der Waals surface area contributed by atoms with Gasteiger partial charge >= 0.3 is 5.97 Å². The van der Waals surface area contributed by atoms with Crippen LogP contribution in [0.25, 0.3) is 0 Å². The quantitative estimate of drug-likeness (QED) is 0.618. The molecule has 0 unspecified atom stereocenters. The zero-order chi connectivity index (χ0) is 13.8. The van der Waals surface area contributed by atoms with E-state index < -0.39 is 11.1 Å². The Morgan fingerprint density at radius 2 is 1.83 bits per heavy atom. The van der Waals surface area contributed by atoms with Gasteiger partial charge in [0.15, 0.2) is 0 Å². The van der Waals surface area contributed by atoms with Crippen molar-refractivity contribution in [2.24, 2.45) is 0 Å². The highest BCUT2D eigenvalue weighted by Crippen LogP contribution is 2.31. The lowest BCUT2D eigenvalue weighted by molar-refractivity contribution is -0.165. The first-order valence-corrected chi connectivity index (χ1v) is 6.75. The molecule has 0 saturated heterocycles. The number of carbonyl (C=O) groups excluding carboxylic acids is 2. The molecule has 104 valence electrons. The van der Waals surface area contributed by atoms with Gasteiger partial charge in [-0.15, -0.1) is 0 Å². The van der Waals surface area contributed by atoms with E-state index in [1.807, 2.05) is 20.8 Å². The number of hydrogen-bond acceptors (Lipinski definition) is 4. The highest BCUT2D eigenvalue weighted by Gasteiger charge is 2.43. The molecule has 0 radical (unpaired) electrons. The number of esters is 1. The molecule has 1 atom stereocenters. The maximum atomic E-state index is 12.4. The van der Waals surface area contributed by atoms with Gasteiger partial charge < -0.3 is 9.53 Å². The first-order chi connectivity index (χ1) is 8.29. The van der Waals surface area contributed by atoms with Crippen LogP contribution >= 0.6 is 0 Å². The van der Waals surface area contributed by atoms with Crippen LogP contribution in [0.5, 0.6) is 0 Å². The number of rotatable bonds is 4. The molecule has 1 saturated carbocycles. The first kappa shape index (κ1) is 15.2. The summed E-state index contributed by atoms with van der Waals surface area (Å²) in [7, 11) is 0. The lowest BCUT2D eigenvalue weighted by Gasteiger charge is -2.39. The molecular weight excluding hydrogens is 230 g/mol. The van der Waals surface area contributed by atoms with E-state index in [9.17, 15) is 9.59 Å². The smallest absolute Gasteiger partial charge is 0.326 e. The van der Waals surface area contributed by atoms with Crippen molar-refractivity contribution in [1.82, 2.24) is 5.32 Å². The van der Waals surface area contributed by atoms with Gasteiger partial charge in [0.2, 0.25) is 0 Å². The molecule has 0 aromatic heterocycles. The molecule has 1 N–H and O–H groups in total. The van der Waals surface area contributed by atoms with Crippen LogP contribution in [0, 0.1) is 0 Å². The number of nitrogens with one attached hydrogen (secondary N) is 1. The minimum absolute atomic E-state index is 0.219. The van der Waals surface area contributed by atoms with Crippen LogP contribution in [0.3, 0.4) is 0 Å². The van der Waals surface area contributed by atoms with Crippen LogP contribution in [0.4, 0.5) is 0 Å². The van der Waals surface area contributed by atoms with Gasteiger partial charge in [-0.25, -0.2) is 0 Å². The van der Waals surface area contributed by atoms with Gasteiger partial charge in [-0.1, -0.05) is 19.3 Å². The Kier molecular flexibility index (Phi) is 4.91. The van der Waals surface area contributed by atoms with E-state index in [0.29, 0.717) is 0 Å². The summed E-state index contributed by atoms with van der Waals surface area (Å²) in [6, 6.07) is -0.324. The largest absolute Gasteiger partial charge is 0.459 e. The summed E-state index contributed by atoms with van der Waals surface area (Å²) in [5.74, 6) is -0.219. The minimum atomic E-state index is -0.675. The molecule has 1 fully saturated rings. The molecule has 4 heteroatoms. The van der Waals surface area contributed by atoms with Crippen molar-refractivity contribution in [3.8, 4) is 0 Å². The average Bonchev–Trinajstić information content (AvgIpc) is 2.27. The van der Waals surface area contributed by atoms with E-state index in [-0.39, 0.29) is 12.0 Å². The monoisotopic (exact) mass is 255 g/mol. The van der Waals surface area contributed by atoms with Gasteiger partial charge in [-0.05, 0) is 40.5 Å². The maximum absolute atomic E-state index is 12.4. The molecule has 1 rings (SSSR count). The van der Waals surface area contributed by atoms with Gasteiger partial charge in [-0.3, -0.25) is 10.1 Å². The standard InChI is InChI=1S/C14H25NO3/c1-11(10-16)15-14(8-6-5-7-9-14)12(17)18-13(2,3)4/h10-11,15H,5-9H2,1-4H3/t11-/m1/s1. The number of ether oxygens (including phenoxy) is 1. The van der Waals surface area contributed by atoms with Crippen LogP contribution in [-0.2, 0) is 14.3 Å². The Labute approximate surface area is 109 Å². The summed E-state index contributed by atoms with van der Waals surface area (Å²) in [6.07, 6.45) is 5.47. The van der Waals surface area contributed by atoms with Crippen molar-refractivity contribution in [1.29, 1.82) is 0 Å². The number of aldehydes is 1. The van der Waals surface area contributed by atoms with Crippen LogP contribution in [0.2, 0.25) is 0 Å². The second-order valence-corrected chi connectivity index (χ2v) is 6.21. The van der Waals surface area contributed by atoms with Crippen LogP contribution in [0.1, 0.15) is 59.8 Å². The molecule has 0 spiro atoms.